The maximum absolute atomic E-state index is 13.0. The summed E-state index contributed by atoms with van der Waals surface area (Å²) < 4.78 is 5.28. The number of thioether (sulfide) groups is 1. The number of ether oxygens (including phenoxy) is 1. The van der Waals surface area contributed by atoms with Gasteiger partial charge in [-0.05, 0) is 48.2 Å². The average molecular weight is 464 g/mol. The van der Waals surface area contributed by atoms with E-state index in [0.29, 0.717) is 6.42 Å². The SMILES string of the molecule is CCc1ccc(NC(=O)C(CC)Sc2ncnc3scc(-c4ccc(OC)cc4)c23)cc1. The Morgan fingerprint density at radius 1 is 1.09 bits per heavy atom. The molecule has 0 fully saturated rings. The van der Waals surface area contributed by atoms with E-state index in [9.17, 15) is 4.79 Å². The Kier molecular flexibility index (Phi) is 7.07. The van der Waals surface area contributed by atoms with Crippen LogP contribution in [0, 0.1) is 0 Å². The first kappa shape index (κ1) is 22.3. The topological polar surface area (TPSA) is 64.1 Å². The van der Waals surface area contributed by atoms with E-state index in [2.05, 4.69) is 27.6 Å². The number of benzene rings is 2. The molecule has 0 radical (unpaired) electrons. The van der Waals surface area contributed by atoms with Crippen LogP contribution in [0.25, 0.3) is 21.3 Å². The van der Waals surface area contributed by atoms with E-state index in [1.54, 1.807) is 24.8 Å². The Labute approximate surface area is 196 Å². The zero-order valence-electron chi connectivity index (χ0n) is 18.3. The lowest BCUT2D eigenvalue weighted by atomic mass is 10.1. The van der Waals surface area contributed by atoms with Crippen LogP contribution in [0.4, 0.5) is 5.69 Å². The van der Waals surface area contributed by atoms with Gasteiger partial charge in [-0.15, -0.1) is 11.3 Å². The van der Waals surface area contributed by atoms with Gasteiger partial charge < -0.3 is 10.1 Å². The number of aryl methyl sites for hydroxylation is 1. The number of carbonyl (C=O) groups excluding carboxylic acids is 1. The summed E-state index contributed by atoms with van der Waals surface area (Å²) in [6.07, 6.45) is 3.24. The fourth-order valence-corrected chi connectivity index (χ4v) is 5.44. The quantitative estimate of drug-likeness (QED) is 0.241. The Hall–Kier alpha value is -2.90. The molecule has 0 aliphatic carbocycles. The number of nitrogens with zero attached hydrogens (tertiary/aromatic N) is 2. The normalized spacial score (nSPS) is 12.0. The molecule has 164 valence electrons. The van der Waals surface area contributed by atoms with Gasteiger partial charge in [0, 0.05) is 16.6 Å². The Balaban J connectivity index is 1.60. The van der Waals surface area contributed by atoms with Crippen molar-refractivity contribution in [3.8, 4) is 16.9 Å². The lowest BCUT2D eigenvalue weighted by Gasteiger charge is -2.15. The zero-order chi connectivity index (χ0) is 22.5. The molecule has 0 aliphatic rings. The lowest BCUT2D eigenvalue weighted by molar-refractivity contribution is -0.115. The predicted octanol–water partition coefficient (Wildman–Crippen LogP) is 6.44. The fraction of sp³-hybridized carbons (Fsp3) is 0.240. The summed E-state index contributed by atoms with van der Waals surface area (Å²) in [7, 11) is 1.66. The number of methoxy groups -OCH3 is 1. The summed E-state index contributed by atoms with van der Waals surface area (Å²) in [6.45, 7) is 4.14. The van der Waals surface area contributed by atoms with Crippen molar-refractivity contribution >= 4 is 44.9 Å². The van der Waals surface area contributed by atoms with Crippen LogP contribution in [0.15, 0.2) is 65.3 Å². The average Bonchev–Trinajstić information content (AvgIpc) is 3.28. The zero-order valence-corrected chi connectivity index (χ0v) is 19.9. The number of thiophene rings is 1. The van der Waals surface area contributed by atoms with Crippen molar-refractivity contribution in [1.29, 1.82) is 0 Å². The molecule has 1 unspecified atom stereocenters. The lowest BCUT2D eigenvalue weighted by Crippen LogP contribution is -2.24. The van der Waals surface area contributed by atoms with Gasteiger partial charge in [0.25, 0.3) is 0 Å². The number of hydrogen-bond acceptors (Lipinski definition) is 6. The molecule has 1 atom stereocenters. The van der Waals surface area contributed by atoms with Crippen LogP contribution < -0.4 is 10.1 Å². The van der Waals surface area contributed by atoms with Crippen LogP contribution >= 0.6 is 23.1 Å². The molecule has 2 aromatic heterocycles. The van der Waals surface area contributed by atoms with Crippen molar-refractivity contribution in [3.63, 3.8) is 0 Å². The minimum Gasteiger partial charge on any atom is -0.497 e. The number of rotatable bonds is 8. The van der Waals surface area contributed by atoms with Gasteiger partial charge in [-0.2, -0.15) is 0 Å². The van der Waals surface area contributed by atoms with Gasteiger partial charge in [0.1, 0.15) is 21.9 Å². The Morgan fingerprint density at radius 2 is 1.84 bits per heavy atom. The Bertz CT molecular complexity index is 1200. The molecule has 4 aromatic rings. The van der Waals surface area contributed by atoms with Gasteiger partial charge >= 0.3 is 0 Å². The van der Waals surface area contributed by atoms with Gasteiger partial charge in [0.15, 0.2) is 0 Å². The molecular weight excluding hydrogens is 438 g/mol. The van der Waals surface area contributed by atoms with Crippen LogP contribution in [-0.2, 0) is 11.2 Å². The summed E-state index contributed by atoms with van der Waals surface area (Å²) in [4.78, 5) is 22.9. The second-order valence-corrected chi connectivity index (χ2v) is 9.34. The summed E-state index contributed by atoms with van der Waals surface area (Å²) in [5.41, 5.74) is 4.20. The number of fused-ring (bicyclic) bond motifs is 1. The van der Waals surface area contributed by atoms with Crippen LogP contribution in [0.5, 0.6) is 5.75 Å². The summed E-state index contributed by atoms with van der Waals surface area (Å²) in [5, 5.41) is 6.70. The number of aromatic nitrogens is 2. The molecule has 32 heavy (non-hydrogen) atoms. The third-order valence-corrected chi connectivity index (χ3v) is 7.53. The molecule has 0 saturated heterocycles. The van der Waals surface area contributed by atoms with E-state index < -0.39 is 0 Å². The van der Waals surface area contributed by atoms with E-state index in [-0.39, 0.29) is 11.2 Å². The first-order valence-electron chi connectivity index (χ1n) is 10.6. The van der Waals surface area contributed by atoms with Crippen molar-refractivity contribution in [3.05, 3.63) is 65.8 Å². The van der Waals surface area contributed by atoms with Gasteiger partial charge in [-0.1, -0.05) is 49.9 Å². The maximum Gasteiger partial charge on any atom is 0.237 e. The summed E-state index contributed by atoms with van der Waals surface area (Å²) in [6, 6.07) is 16.0. The number of hydrogen-bond donors (Lipinski definition) is 1. The highest BCUT2D eigenvalue weighted by molar-refractivity contribution is 8.00. The monoisotopic (exact) mass is 463 g/mol. The molecule has 0 aliphatic heterocycles. The molecule has 2 aromatic carbocycles. The largest absolute Gasteiger partial charge is 0.497 e. The highest BCUT2D eigenvalue weighted by Gasteiger charge is 2.22. The molecule has 0 spiro atoms. The Morgan fingerprint density at radius 3 is 2.50 bits per heavy atom. The highest BCUT2D eigenvalue weighted by Crippen LogP contribution is 2.40. The van der Waals surface area contributed by atoms with E-state index in [0.717, 1.165) is 44.2 Å². The molecule has 4 rings (SSSR count). The third kappa shape index (κ3) is 4.79. The van der Waals surface area contributed by atoms with Gasteiger partial charge in [0.2, 0.25) is 5.91 Å². The summed E-state index contributed by atoms with van der Waals surface area (Å²) >= 11 is 3.08. The van der Waals surface area contributed by atoms with Crippen molar-refractivity contribution in [2.45, 2.75) is 37.0 Å². The van der Waals surface area contributed by atoms with E-state index in [1.807, 2.05) is 55.5 Å². The van der Waals surface area contributed by atoms with Crippen molar-refractivity contribution < 1.29 is 9.53 Å². The van der Waals surface area contributed by atoms with Crippen molar-refractivity contribution in [2.75, 3.05) is 12.4 Å². The van der Waals surface area contributed by atoms with Gasteiger partial charge in [0.05, 0.1) is 17.7 Å². The predicted molar refractivity (Wildman–Crippen MR) is 134 cm³/mol. The van der Waals surface area contributed by atoms with E-state index in [1.165, 1.54) is 17.3 Å². The third-order valence-electron chi connectivity index (χ3n) is 5.28. The standard InChI is InChI=1S/C25H25N3O2S2/c1-4-16-6-10-18(11-7-16)28-23(29)21(5-2)32-25-22-20(14-31-24(22)26-15-27-25)17-8-12-19(30-3)13-9-17/h6-15,21H,4-5H2,1-3H3,(H,28,29). The molecule has 2 heterocycles. The number of carbonyl (C=O) groups is 1. The van der Waals surface area contributed by atoms with E-state index in [4.69, 9.17) is 4.74 Å². The minimum atomic E-state index is -0.262. The molecule has 5 nitrogen and oxygen atoms in total. The van der Waals surface area contributed by atoms with Crippen LogP contribution in [0.1, 0.15) is 25.8 Å². The van der Waals surface area contributed by atoms with Crippen LogP contribution in [0.3, 0.4) is 0 Å². The molecule has 0 saturated carbocycles. The molecular formula is C25H25N3O2S2. The number of amides is 1. The number of nitrogens with one attached hydrogen (secondary N) is 1. The molecule has 0 bridgehead atoms. The number of anilines is 1. The second kappa shape index (κ2) is 10.1. The highest BCUT2D eigenvalue weighted by atomic mass is 32.2. The van der Waals surface area contributed by atoms with E-state index >= 15 is 0 Å². The minimum absolute atomic E-state index is 0.0188. The molecule has 1 N–H and O–H groups in total. The van der Waals surface area contributed by atoms with Gasteiger partial charge in [-0.3, -0.25) is 4.79 Å². The van der Waals surface area contributed by atoms with Crippen LogP contribution in [-0.4, -0.2) is 28.2 Å². The van der Waals surface area contributed by atoms with Crippen molar-refractivity contribution in [1.82, 2.24) is 9.97 Å². The molecule has 1 amide bonds. The second-order valence-electron chi connectivity index (χ2n) is 7.29. The van der Waals surface area contributed by atoms with Crippen molar-refractivity contribution in [2.24, 2.45) is 0 Å². The first-order chi connectivity index (χ1) is 15.6. The van der Waals surface area contributed by atoms with Gasteiger partial charge in [-0.25, -0.2) is 9.97 Å². The smallest absolute Gasteiger partial charge is 0.237 e. The fourth-order valence-electron chi connectivity index (χ4n) is 3.42. The summed E-state index contributed by atoms with van der Waals surface area (Å²) in [5.74, 6) is 0.795. The van der Waals surface area contributed by atoms with Crippen LogP contribution in [0.2, 0.25) is 0 Å². The molecule has 7 heteroatoms. The first-order valence-corrected chi connectivity index (χ1v) is 12.3. The maximum atomic E-state index is 13.0.